The Bertz CT molecular complexity index is 429. The Labute approximate surface area is 86.8 Å². The largest absolute Gasteiger partial charge is 0.508 e. The lowest BCUT2D eigenvalue weighted by atomic mass is 10.1. The third-order valence-corrected chi connectivity index (χ3v) is 2.24. The first-order chi connectivity index (χ1) is 7.16. The first-order valence-corrected chi connectivity index (χ1v) is 4.55. The SMILES string of the molecule is Nc1ccc(O)c(CN2CC=NC2=O)c1. The number of carbonyl (C=O) groups is 1. The second-order valence-corrected chi connectivity index (χ2v) is 3.36. The van der Waals surface area contributed by atoms with Gasteiger partial charge in [-0.2, -0.15) is 0 Å². The molecular weight excluding hydrogens is 194 g/mol. The van der Waals surface area contributed by atoms with Crippen molar-refractivity contribution in [1.29, 1.82) is 0 Å². The molecule has 0 saturated heterocycles. The number of aromatic hydroxyl groups is 1. The minimum Gasteiger partial charge on any atom is -0.508 e. The van der Waals surface area contributed by atoms with E-state index in [-0.39, 0.29) is 11.8 Å². The summed E-state index contributed by atoms with van der Waals surface area (Å²) in [6.45, 7) is 0.808. The van der Waals surface area contributed by atoms with Crippen molar-refractivity contribution in [2.24, 2.45) is 4.99 Å². The summed E-state index contributed by atoms with van der Waals surface area (Å²) < 4.78 is 0. The van der Waals surface area contributed by atoms with Crippen molar-refractivity contribution >= 4 is 17.9 Å². The molecule has 1 aliphatic heterocycles. The van der Waals surface area contributed by atoms with E-state index >= 15 is 0 Å². The number of carbonyl (C=O) groups excluding carboxylic acids is 1. The van der Waals surface area contributed by atoms with Gasteiger partial charge in [0.05, 0.1) is 13.1 Å². The van der Waals surface area contributed by atoms with Crippen molar-refractivity contribution in [2.75, 3.05) is 12.3 Å². The molecule has 0 fully saturated rings. The number of nitrogen functional groups attached to an aromatic ring is 1. The highest BCUT2D eigenvalue weighted by Crippen LogP contribution is 2.22. The molecule has 0 saturated carbocycles. The van der Waals surface area contributed by atoms with Gasteiger partial charge in [-0.25, -0.2) is 9.79 Å². The van der Waals surface area contributed by atoms with Crippen LogP contribution in [0.5, 0.6) is 5.75 Å². The fourth-order valence-electron chi connectivity index (χ4n) is 1.45. The van der Waals surface area contributed by atoms with E-state index in [2.05, 4.69) is 4.99 Å². The van der Waals surface area contributed by atoms with Crippen LogP contribution in [-0.4, -0.2) is 28.8 Å². The Morgan fingerprint density at radius 2 is 2.33 bits per heavy atom. The van der Waals surface area contributed by atoms with Crippen LogP contribution in [0.2, 0.25) is 0 Å². The van der Waals surface area contributed by atoms with Crippen LogP contribution in [0.1, 0.15) is 5.56 Å². The highest BCUT2D eigenvalue weighted by Gasteiger charge is 2.17. The van der Waals surface area contributed by atoms with E-state index < -0.39 is 0 Å². The monoisotopic (exact) mass is 205 g/mol. The maximum absolute atomic E-state index is 11.2. The molecular formula is C10H11N3O2. The van der Waals surface area contributed by atoms with Gasteiger partial charge in [0.15, 0.2) is 0 Å². The number of benzene rings is 1. The van der Waals surface area contributed by atoms with Crippen LogP contribution in [0.25, 0.3) is 0 Å². The summed E-state index contributed by atoms with van der Waals surface area (Å²) in [5.74, 6) is 0.143. The Kier molecular flexibility index (Phi) is 2.29. The van der Waals surface area contributed by atoms with Gasteiger partial charge in [0.1, 0.15) is 5.75 Å². The van der Waals surface area contributed by atoms with E-state index in [0.29, 0.717) is 24.3 Å². The molecule has 3 N–H and O–H groups in total. The minimum absolute atomic E-state index is 0.143. The zero-order chi connectivity index (χ0) is 10.8. The van der Waals surface area contributed by atoms with Crippen LogP contribution < -0.4 is 5.73 Å². The molecule has 15 heavy (non-hydrogen) atoms. The molecule has 78 valence electrons. The molecule has 1 aromatic rings. The third kappa shape index (κ3) is 1.90. The smallest absolute Gasteiger partial charge is 0.343 e. The lowest BCUT2D eigenvalue weighted by Crippen LogP contribution is -2.24. The van der Waals surface area contributed by atoms with Gasteiger partial charge in [0, 0.05) is 17.5 Å². The molecule has 0 atom stereocenters. The number of amides is 2. The van der Waals surface area contributed by atoms with Crippen LogP contribution in [0.4, 0.5) is 10.5 Å². The summed E-state index contributed by atoms with van der Waals surface area (Å²) in [5.41, 5.74) is 6.79. The summed E-state index contributed by atoms with van der Waals surface area (Å²) in [4.78, 5) is 16.3. The lowest BCUT2D eigenvalue weighted by Gasteiger charge is -2.15. The molecule has 5 heteroatoms. The number of anilines is 1. The van der Waals surface area contributed by atoms with Crippen LogP contribution in [0.15, 0.2) is 23.2 Å². The van der Waals surface area contributed by atoms with Crippen molar-refractivity contribution < 1.29 is 9.90 Å². The molecule has 2 rings (SSSR count). The van der Waals surface area contributed by atoms with E-state index in [9.17, 15) is 9.90 Å². The maximum Gasteiger partial charge on any atom is 0.343 e. The van der Waals surface area contributed by atoms with E-state index in [1.54, 1.807) is 18.3 Å². The summed E-state index contributed by atoms with van der Waals surface area (Å²) in [6, 6.07) is 4.51. The van der Waals surface area contributed by atoms with Crippen molar-refractivity contribution in [1.82, 2.24) is 4.90 Å². The average Bonchev–Trinajstić information content (AvgIpc) is 2.58. The molecule has 5 nitrogen and oxygen atoms in total. The Morgan fingerprint density at radius 1 is 1.53 bits per heavy atom. The number of phenols is 1. The summed E-state index contributed by atoms with van der Waals surface area (Å²) in [7, 11) is 0. The van der Waals surface area contributed by atoms with Gasteiger partial charge in [-0.05, 0) is 18.2 Å². The Hall–Kier alpha value is -2.04. The first kappa shape index (κ1) is 9.51. The van der Waals surface area contributed by atoms with Crippen molar-refractivity contribution in [3.05, 3.63) is 23.8 Å². The second-order valence-electron chi connectivity index (χ2n) is 3.36. The van der Waals surface area contributed by atoms with Crippen molar-refractivity contribution in [3.8, 4) is 5.75 Å². The second kappa shape index (κ2) is 3.61. The number of hydrogen-bond acceptors (Lipinski definition) is 3. The van der Waals surface area contributed by atoms with Crippen LogP contribution >= 0.6 is 0 Å². The number of phenolic OH excluding ortho intramolecular Hbond substituents is 1. The molecule has 1 heterocycles. The molecule has 0 unspecified atom stereocenters. The van der Waals surface area contributed by atoms with Gasteiger partial charge in [0.25, 0.3) is 0 Å². The fourth-order valence-corrected chi connectivity index (χ4v) is 1.45. The molecule has 0 radical (unpaired) electrons. The Balaban J connectivity index is 2.17. The predicted octanol–water partition coefficient (Wildman–Crippen LogP) is 0.981. The number of nitrogens with zero attached hydrogens (tertiary/aromatic N) is 2. The topological polar surface area (TPSA) is 78.9 Å². The van der Waals surface area contributed by atoms with Crippen LogP contribution in [-0.2, 0) is 6.54 Å². The van der Waals surface area contributed by atoms with Crippen molar-refractivity contribution in [2.45, 2.75) is 6.54 Å². The van der Waals surface area contributed by atoms with Gasteiger partial charge in [-0.1, -0.05) is 0 Å². The third-order valence-electron chi connectivity index (χ3n) is 2.24. The van der Waals surface area contributed by atoms with Gasteiger partial charge in [-0.15, -0.1) is 0 Å². The number of urea groups is 1. The first-order valence-electron chi connectivity index (χ1n) is 4.55. The summed E-state index contributed by atoms with van der Waals surface area (Å²) in [6.07, 6.45) is 1.55. The molecule has 0 bridgehead atoms. The molecule has 0 spiro atoms. The highest BCUT2D eigenvalue weighted by molar-refractivity contribution is 5.90. The highest BCUT2D eigenvalue weighted by atomic mass is 16.3. The normalized spacial score (nSPS) is 14.9. The number of nitrogens with two attached hydrogens (primary N) is 1. The standard InChI is InChI=1S/C10H11N3O2/c11-8-1-2-9(14)7(5-8)6-13-4-3-12-10(13)15/h1-3,5,14H,4,6,11H2. The fraction of sp³-hybridized carbons (Fsp3) is 0.200. The van der Waals surface area contributed by atoms with Gasteiger partial charge < -0.3 is 15.7 Å². The maximum atomic E-state index is 11.2. The molecule has 2 amide bonds. The van der Waals surface area contributed by atoms with Crippen LogP contribution in [0, 0.1) is 0 Å². The van der Waals surface area contributed by atoms with E-state index in [1.165, 1.54) is 11.0 Å². The molecule has 1 aliphatic rings. The zero-order valence-electron chi connectivity index (χ0n) is 8.05. The summed E-state index contributed by atoms with van der Waals surface area (Å²) in [5, 5.41) is 9.55. The van der Waals surface area contributed by atoms with E-state index in [1.807, 2.05) is 0 Å². The molecule has 0 aliphatic carbocycles. The van der Waals surface area contributed by atoms with Crippen LogP contribution in [0.3, 0.4) is 0 Å². The van der Waals surface area contributed by atoms with Gasteiger partial charge in [0.2, 0.25) is 0 Å². The predicted molar refractivity (Wildman–Crippen MR) is 56.8 cm³/mol. The average molecular weight is 205 g/mol. The quantitative estimate of drug-likeness (QED) is 0.558. The van der Waals surface area contributed by atoms with E-state index in [0.717, 1.165) is 0 Å². The molecule has 0 aromatic heterocycles. The van der Waals surface area contributed by atoms with Gasteiger partial charge in [-0.3, -0.25) is 0 Å². The van der Waals surface area contributed by atoms with Crippen molar-refractivity contribution in [3.63, 3.8) is 0 Å². The van der Waals surface area contributed by atoms with Gasteiger partial charge >= 0.3 is 6.03 Å². The number of aliphatic imine (C=N–C) groups is 1. The number of rotatable bonds is 2. The minimum atomic E-state index is -0.281. The number of hydrogen-bond donors (Lipinski definition) is 2. The summed E-state index contributed by atoms with van der Waals surface area (Å²) >= 11 is 0. The lowest BCUT2D eigenvalue weighted by molar-refractivity contribution is 0.217. The van der Waals surface area contributed by atoms with E-state index in [4.69, 9.17) is 5.73 Å². The zero-order valence-corrected chi connectivity index (χ0v) is 8.05. The Morgan fingerprint density at radius 3 is 3.00 bits per heavy atom. The molecule has 1 aromatic carbocycles.